The Bertz CT molecular complexity index is 290. The molecule has 3 atom stereocenters. The third-order valence-corrected chi connectivity index (χ3v) is 8.46. The fourth-order valence-corrected chi connectivity index (χ4v) is 6.02. The molecule has 0 heterocycles. The Hall–Kier alpha value is 0.430. The summed E-state index contributed by atoms with van der Waals surface area (Å²) in [6, 6.07) is 0.651. The van der Waals surface area contributed by atoms with Crippen molar-refractivity contribution >= 4 is 0 Å². The molecule has 0 aromatic rings. The van der Waals surface area contributed by atoms with E-state index < -0.39 is 0 Å². The first kappa shape index (κ1) is 24.4. The maximum atomic E-state index is 4.51. The molecule has 0 aliphatic carbocycles. The van der Waals surface area contributed by atoms with E-state index >= 15 is 0 Å². The number of nitrogens with one attached hydrogen (secondary N) is 1. The van der Waals surface area contributed by atoms with Crippen LogP contribution in [-0.4, -0.2) is 17.0 Å². The van der Waals surface area contributed by atoms with E-state index in [4.69, 9.17) is 0 Å². The number of alkyl halides is 1. The second-order valence-corrected chi connectivity index (χ2v) is 10.7. The fraction of sp³-hybridized carbons (Fsp3) is 0.909. The van der Waals surface area contributed by atoms with Crippen LogP contribution < -0.4 is 26.5 Å². The second kappa shape index (κ2) is 16.9. The van der Waals surface area contributed by atoms with Crippen LogP contribution in [0.2, 0.25) is 0 Å². The molecular weight excluding hydrogens is 405 g/mol. The summed E-state index contributed by atoms with van der Waals surface area (Å²) in [4.78, 5) is 0. The molecule has 2 heteroatoms. The van der Waals surface area contributed by atoms with E-state index in [-0.39, 0.29) is 21.2 Å². The van der Waals surface area contributed by atoms with E-state index in [9.17, 15) is 0 Å². The molecular formula is C22H45IN-. The molecule has 0 aromatic heterocycles. The van der Waals surface area contributed by atoms with Crippen molar-refractivity contribution in [1.29, 1.82) is 0 Å². The maximum absolute atomic E-state index is 4.51. The van der Waals surface area contributed by atoms with Gasteiger partial charge < -0.3 is 0 Å². The Labute approximate surface area is 164 Å². The van der Waals surface area contributed by atoms with Gasteiger partial charge >= 0.3 is 164 Å². The van der Waals surface area contributed by atoms with E-state index in [0.717, 1.165) is 11.8 Å². The molecule has 0 amide bonds. The number of rotatable bonds is 17. The van der Waals surface area contributed by atoms with E-state index in [2.05, 4.69) is 46.5 Å². The Balaban J connectivity index is 4.14. The standard InChI is InChI=1S/C22H45IN/c1-7-10-12-13-15-22(20(5)23-17-11-8-2)16-14-18-24-21(6)19(4)9-3/h19,21-22,24H,5,7-18H2,1-4,6H3/q-1/t19-,21+,22?/m1/s1. The van der Waals surface area contributed by atoms with Crippen LogP contribution in [0.3, 0.4) is 0 Å². The molecule has 0 bridgehead atoms. The van der Waals surface area contributed by atoms with Crippen LogP contribution in [0.4, 0.5) is 0 Å². The summed E-state index contributed by atoms with van der Waals surface area (Å²) >= 11 is 0.226. The van der Waals surface area contributed by atoms with E-state index in [0.29, 0.717) is 6.04 Å². The van der Waals surface area contributed by atoms with Gasteiger partial charge in [-0.3, -0.25) is 0 Å². The average molecular weight is 451 g/mol. The first-order chi connectivity index (χ1) is 11.6. The van der Waals surface area contributed by atoms with Gasteiger partial charge in [-0.15, -0.1) is 0 Å². The Morgan fingerprint density at radius 2 is 1.58 bits per heavy atom. The minimum atomic E-state index is 0.226. The minimum absolute atomic E-state index is 0.226. The zero-order chi connectivity index (χ0) is 18.2. The molecule has 0 radical (unpaired) electrons. The van der Waals surface area contributed by atoms with Crippen LogP contribution in [0.5, 0.6) is 0 Å². The van der Waals surface area contributed by atoms with Gasteiger partial charge in [0.25, 0.3) is 0 Å². The second-order valence-electron chi connectivity index (χ2n) is 7.44. The van der Waals surface area contributed by atoms with Gasteiger partial charge in [0.1, 0.15) is 0 Å². The molecule has 1 nitrogen and oxygen atoms in total. The van der Waals surface area contributed by atoms with Gasteiger partial charge in [-0.05, 0) is 0 Å². The zero-order valence-corrected chi connectivity index (χ0v) is 19.5. The van der Waals surface area contributed by atoms with Crippen LogP contribution in [0.15, 0.2) is 10.2 Å². The summed E-state index contributed by atoms with van der Waals surface area (Å²) in [7, 11) is 0. The topological polar surface area (TPSA) is 12.0 Å². The van der Waals surface area contributed by atoms with Gasteiger partial charge in [0.2, 0.25) is 0 Å². The summed E-state index contributed by atoms with van der Waals surface area (Å²) < 4.78 is 3.09. The molecule has 146 valence electrons. The van der Waals surface area contributed by atoms with Gasteiger partial charge in [0.05, 0.1) is 0 Å². The third-order valence-electron chi connectivity index (χ3n) is 5.30. The number of halogens is 1. The van der Waals surface area contributed by atoms with Crippen molar-refractivity contribution in [3.8, 4) is 0 Å². The van der Waals surface area contributed by atoms with Gasteiger partial charge in [-0.2, -0.15) is 0 Å². The van der Waals surface area contributed by atoms with Crippen molar-refractivity contribution in [1.82, 2.24) is 5.32 Å². The van der Waals surface area contributed by atoms with E-state index in [1.54, 1.807) is 3.58 Å². The van der Waals surface area contributed by atoms with Crippen molar-refractivity contribution in [3.63, 3.8) is 0 Å². The average Bonchev–Trinajstić information content (AvgIpc) is 2.59. The van der Waals surface area contributed by atoms with Crippen molar-refractivity contribution in [2.75, 3.05) is 11.0 Å². The van der Waals surface area contributed by atoms with Gasteiger partial charge in [0, 0.05) is 0 Å². The quantitative estimate of drug-likeness (QED) is 0.202. The van der Waals surface area contributed by atoms with Crippen molar-refractivity contribution in [3.05, 3.63) is 10.2 Å². The monoisotopic (exact) mass is 450 g/mol. The van der Waals surface area contributed by atoms with Gasteiger partial charge in [-0.25, -0.2) is 0 Å². The molecule has 1 unspecified atom stereocenters. The molecule has 0 rings (SSSR count). The predicted octanol–water partition coefficient (Wildman–Crippen LogP) is 3.78. The van der Waals surface area contributed by atoms with Crippen LogP contribution in [-0.2, 0) is 0 Å². The summed E-state index contributed by atoms with van der Waals surface area (Å²) in [6.07, 6.45) is 13.6. The molecule has 24 heavy (non-hydrogen) atoms. The molecule has 0 fully saturated rings. The first-order valence-electron chi connectivity index (χ1n) is 10.6. The third kappa shape index (κ3) is 12.7. The fourth-order valence-electron chi connectivity index (χ4n) is 2.94. The molecule has 0 saturated carbocycles. The molecule has 0 spiro atoms. The van der Waals surface area contributed by atoms with Gasteiger partial charge in [0.15, 0.2) is 0 Å². The van der Waals surface area contributed by atoms with Crippen molar-refractivity contribution in [2.45, 2.75) is 105 Å². The summed E-state index contributed by atoms with van der Waals surface area (Å²) in [5.41, 5.74) is 0. The normalized spacial score (nSPS) is 15.4. The summed E-state index contributed by atoms with van der Waals surface area (Å²) in [5, 5.41) is 3.74. The van der Waals surface area contributed by atoms with Crippen LogP contribution in [0.25, 0.3) is 0 Å². The SMILES string of the molecule is C=C([I-]CCCC)C(CCCCCC)CCCN[C@@H](C)[C@H](C)CC. The predicted molar refractivity (Wildman–Crippen MR) is 107 cm³/mol. The van der Waals surface area contributed by atoms with E-state index in [1.165, 1.54) is 75.2 Å². The van der Waals surface area contributed by atoms with E-state index in [1.807, 2.05) is 0 Å². The Morgan fingerprint density at radius 3 is 2.21 bits per heavy atom. The van der Waals surface area contributed by atoms with Gasteiger partial charge in [-0.1, -0.05) is 0 Å². The van der Waals surface area contributed by atoms with Crippen LogP contribution in [0.1, 0.15) is 98.8 Å². The number of hydrogen-bond donors (Lipinski definition) is 1. The molecule has 1 N–H and O–H groups in total. The number of unbranched alkanes of at least 4 members (excludes halogenated alkanes) is 4. The Kier molecular flexibility index (Phi) is 17.2. The van der Waals surface area contributed by atoms with Crippen LogP contribution >= 0.6 is 0 Å². The molecule has 0 aliphatic heterocycles. The number of hydrogen-bond acceptors (Lipinski definition) is 1. The Morgan fingerprint density at radius 1 is 0.917 bits per heavy atom. The van der Waals surface area contributed by atoms with Crippen LogP contribution in [0, 0.1) is 11.8 Å². The molecule has 0 aromatic carbocycles. The molecule has 0 saturated heterocycles. The summed E-state index contributed by atoms with van der Waals surface area (Å²) in [6.45, 7) is 17.3. The first-order valence-corrected chi connectivity index (χ1v) is 13.2. The van der Waals surface area contributed by atoms with Crippen molar-refractivity contribution < 1.29 is 21.2 Å². The van der Waals surface area contributed by atoms with Crippen molar-refractivity contribution in [2.24, 2.45) is 11.8 Å². The zero-order valence-electron chi connectivity index (χ0n) is 17.3. The summed E-state index contributed by atoms with van der Waals surface area (Å²) in [5.74, 6) is 1.59. The molecule has 0 aliphatic rings. The number of allylic oxidation sites excluding steroid dienone is 1.